The van der Waals surface area contributed by atoms with Crippen LogP contribution in [0.5, 0.6) is 0 Å². The molecule has 3 fully saturated rings. The molecule has 7 rings (SSSR count). The van der Waals surface area contributed by atoms with Crippen molar-refractivity contribution in [2.75, 3.05) is 5.75 Å². The van der Waals surface area contributed by atoms with Crippen LogP contribution in [0.4, 0.5) is 0 Å². The van der Waals surface area contributed by atoms with E-state index in [4.69, 9.17) is 19.4 Å². The summed E-state index contributed by atoms with van der Waals surface area (Å²) in [5.41, 5.74) is 3.30. The number of pyridine rings is 2. The molecule has 0 amide bonds. The average molecular weight is 458 g/mol. The molecule has 0 N–H and O–H groups in total. The average Bonchev–Trinajstić information content (AvgIpc) is 3.06. The van der Waals surface area contributed by atoms with Crippen LogP contribution in [-0.4, -0.2) is 38.3 Å². The summed E-state index contributed by atoms with van der Waals surface area (Å²) >= 11 is 1.93. The largest absolute Gasteiger partial charge is 0.344 e. The Bertz CT molecular complexity index is 1400. The van der Waals surface area contributed by atoms with E-state index in [1.54, 1.807) is 0 Å². The molecule has 5 atom stereocenters. The first kappa shape index (κ1) is 20.0. The van der Waals surface area contributed by atoms with Gasteiger partial charge in [0.15, 0.2) is 5.79 Å². The molecule has 4 heterocycles. The normalized spacial score (nSPS) is 31.7. The molecule has 33 heavy (non-hydrogen) atoms. The molecule has 3 aromatic heterocycles. The lowest BCUT2D eigenvalue weighted by Gasteiger charge is -2.24. The molecule has 0 unspecified atom stereocenters. The predicted octanol–water partition coefficient (Wildman–Crippen LogP) is 5.77. The number of nitrogens with zero attached hydrogens (tertiary/aromatic N) is 3. The zero-order valence-electron chi connectivity index (χ0n) is 19.1. The van der Waals surface area contributed by atoms with Gasteiger partial charge in [-0.3, -0.25) is 4.98 Å². The minimum absolute atomic E-state index is 0.0536. The van der Waals surface area contributed by atoms with Crippen molar-refractivity contribution in [2.24, 2.45) is 11.3 Å². The number of benzene rings is 1. The SMILES string of the molecule is Cc1ccc2ccc(SC[C@]34C[C@@H]3[C@@H](n3ccc5cccnc53)[C@@H]3OC(C)(C)O[C@@H]34)cc2n1. The molecule has 168 valence electrons. The highest BCUT2D eigenvalue weighted by atomic mass is 32.2. The Kier molecular flexibility index (Phi) is 4.13. The number of rotatable bonds is 4. The van der Waals surface area contributed by atoms with Crippen molar-refractivity contribution in [2.45, 2.75) is 56.1 Å². The zero-order valence-corrected chi connectivity index (χ0v) is 19.9. The van der Waals surface area contributed by atoms with Crippen LogP contribution in [-0.2, 0) is 9.47 Å². The van der Waals surface area contributed by atoms with Gasteiger partial charge in [-0.1, -0.05) is 12.1 Å². The molecule has 6 heteroatoms. The Hall–Kier alpha value is -2.41. The van der Waals surface area contributed by atoms with E-state index in [9.17, 15) is 0 Å². The number of fused-ring (bicyclic) bond motifs is 5. The van der Waals surface area contributed by atoms with Gasteiger partial charge in [0.25, 0.3) is 0 Å². The molecule has 2 saturated carbocycles. The zero-order chi connectivity index (χ0) is 22.4. The van der Waals surface area contributed by atoms with Crippen molar-refractivity contribution in [1.82, 2.24) is 14.5 Å². The van der Waals surface area contributed by atoms with Crippen molar-refractivity contribution in [3.05, 3.63) is 66.6 Å². The monoisotopic (exact) mass is 457 g/mol. The van der Waals surface area contributed by atoms with Gasteiger partial charge in [-0.15, -0.1) is 11.8 Å². The van der Waals surface area contributed by atoms with Gasteiger partial charge in [0.2, 0.25) is 0 Å². The fraction of sp³-hybridized carbons (Fsp3) is 0.407. The highest BCUT2D eigenvalue weighted by Gasteiger charge is 2.75. The summed E-state index contributed by atoms with van der Waals surface area (Å²) in [6.07, 6.45) is 5.40. The fourth-order valence-electron chi connectivity index (χ4n) is 6.18. The molecule has 3 aliphatic rings. The maximum atomic E-state index is 6.56. The summed E-state index contributed by atoms with van der Waals surface area (Å²) in [6, 6.07) is 17.4. The quantitative estimate of drug-likeness (QED) is 0.364. The van der Waals surface area contributed by atoms with Gasteiger partial charge >= 0.3 is 0 Å². The van der Waals surface area contributed by atoms with E-state index in [0.29, 0.717) is 5.92 Å². The van der Waals surface area contributed by atoms with E-state index in [1.165, 1.54) is 22.1 Å². The molecule has 2 aliphatic carbocycles. The van der Waals surface area contributed by atoms with E-state index >= 15 is 0 Å². The van der Waals surface area contributed by atoms with Crippen LogP contribution in [0.3, 0.4) is 0 Å². The van der Waals surface area contributed by atoms with Crippen molar-refractivity contribution < 1.29 is 9.47 Å². The third-order valence-corrected chi connectivity index (χ3v) is 9.00. The summed E-state index contributed by atoms with van der Waals surface area (Å²) in [5, 5.41) is 2.37. The van der Waals surface area contributed by atoms with E-state index in [0.717, 1.165) is 22.6 Å². The van der Waals surface area contributed by atoms with Crippen molar-refractivity contribution in [3.8, 4) is 0 Å². The van der Waals surface area contributed by atoms with Crippen LogP contribution >= 0.6 is 11.8 Å². The molecular formula is C27H27N3O2S. The van der Waals surface area contributed by atoms with Gasteiger partial charge in [-0.2, -0.15) is 0 Å². The van der Waals surface area contributed by atoms with E-state index in [-0.39, 0.29) is 23.7 Å². The second kappa shape index (κ2) is 6.81. The molecule has 1 aromatic carbocycles. The Balaban J connectivity index is 1.21. The van der Waals surface area contributed by atoms with Gasteiger partial charge in [0.1, 0.15) is 11.8 Å². The third-order valence-electron chi connectivity index (χ3n) is 7.73. The summed E-state index contributed by atoms with van der Waals surface area (Å²) in [6.45, 7) is 6.14. The lowest BCUT2D eigenvalue weighted by atomic mass is 10.0. The number of ether oxygens (including phenoxy) is 2. The van der Waals surface area contributed by atoms with Crippen LogP contribution in [0.15, 0.2) is 65.8 Å². The van der Waals surface area contributed by atoms with Gasteiger partial charge in [0, 0.05) is 44.9 Å². The predicted molar refractivity (Wildman–Crippen MR) is 130 cm³/mol. The first-order chi connectivity index (χ1) is 15.9. The van der Waals surface area contributed by atoms with Gasteiger partial charge < -0.3 is 14.0 Å². The smallest absolute Gasteiger partial charge is 0.163 e. The third kappa shape index (κ3) is 3.00. The number of hydrogen-bond acceptors (Lipinski definition) is 5. The molecule has 4 aromatic rings. The summed E-state index contributed by atoms with van der Waals surface area (Å²) in [7, 11) is 0. The number of thioether (sulfide) groups is 1. The Labute approximate surface area is 197 Å². The topological polar surface area (TPSA) is 49.2 Å². The van der Waals surface area contributed by atoms with E-state index < -0.39 is 5.79 Å². The second-order valence-electron chi connectivity index (χ2n) is 10.3. The molecule has 5 nitrogen and oxygen atoms in total. The maximum absolute atomic E-state index is 6.56. The van der Waals surface area contributed by atoms with Crippen LogP contribution in [0, 0.1) is 18.3 Å². The first-order valence-corrected chi connectivity index (χ1v) is 12.7. The van der Waals surface area contributed by atoms with Crippen molar-refractivity contribution in [1.29, 1.82) is 0 Å². The summed E-state index contributed by atoms with van der Waals surface area (Å²) in [5.74, 6) is 1.01. The minimum Gasteiger partial charge on any atom is -0.344 e. The standard InChI is InChI=1S/C27H27N3O2S/c1-16-6-7-17-8-9-19(13-21(17)29-16)33-15-27-14-20(27)22(23-24(27)32-26(2,3)31-23)30-12-10-18-5-4-11-28-25(18)30/h4-13,20,22-24H,14-15H2,1-3H3/t20-,22-,23+,24+,27-/m1/s1. The Morgan fingerprint density at radius 1 is 1.09 bits per heavy atom. The lowest BCUT2D eigenvalue weighted by molar-refractivity contribution is -0.160. The molecular weight excluding hydrogens is 430 g/mol. The fourth-order valence-corrected chi connectivity index (χ4v) is 7.48. The molecule has 0 radical (unpaired) electrons. The van der Waals surface area contributed by atoms with Gasteiger partial charge in [0.05, 0.1) is 17.7 Å². The second-order valence-corrected chi connectivity index (χ2v) is 11.3. The van der Waals surface area contributed by atoms with E-state index in [1.807, 2.05) is 44.8 Å². The minimum atomic E-state index is -0.556. The van der Waals surface area contributed by atoms with Crippen LogP contribution in [0.25, 0.3) is 21.9 Å². The summed E-state index contributed by atoms with van der Waals surface area (Å²) < 4.78 is 15.4. The Morgan fingerprint density at radius 2 is 1.97 bits per heavy atom. The Morgan fingerprint density at radius 3 is 2.88 bits per heavy atom. The van der Waals surface area contributed by atoms with Crippen LogP contribution < -0.4 is 0 Å². The van der Waals surface area contributed by atoms with Crippen molar-refractivity contribution in [3.63, 3.8) is 0 Å². The highest BCUT2D eigenvalue weighted by Crippen LogP contribution is 2.72. The molecule has 1 aliphatic heterocycles. The van der Waals surface area contributed by atoms with Gasteiger partial charge in [-0.25, -0.2) is 4.98 Å². The molecule has 1 saturated heterocycles. The first-order valence-electron chi connectivity index (χ1n) is 11.7. The number of aromatic nitrogens is 3. The summed E-state index contributed by atoms with van der Waals surface area (Å²) in [4.78, 5) is 10.7. The maximum Gasteiger partial charge on any atom is 0.163 e. The van der Waals surface area contributed by atoms with E-state index in [2.05, 4.69) is 53.2 Å². The lowest BCUT2D eigenvalue weighted by Crippen LogP contribution is -2.32. The van der Waals surface area contributed by atoms with Gasteiger partial charge in [-0.05, 0) is 69.5 Å². The van der Waals surface area contributed by atoms with Crippen LogP contribution in [0.1, 0.15) is 32.0 Å². The highest BCUT2D eigenvalue weighted by molar-refractivity contribution is 7.99. The van der Waals surface area contributed by atoms with Crippen molar-refractivity contribution >= 4 is 33.7 Å². The molecule has 0 bridgehead atoms. The van der Waals surface area contributed by atoms with Crippen LogP contribution in [0.2, 0.25) is 0 Å². The molecule has 0 spiro atoms. The number of hydrogen-bond donors (Lipinski definition) is 0. The number of aryl methyl sites for hydroxylation is 1.